The normalized spacial score (nSPS) is 46.9. The molecule has 0 unspecified atom stereocenters. The number of aryl methyl sites for hydroxylation is 1. The van der Waals surface area contributed by atoms with Gasteiger partial charge >= 0.3 is 0 Å². The Labute approximate surface area is 168 Å². The molecular weight excluding hydrogens is 348 g/mol. The summed E-state index contributed by atoms with van der Waals surface area (Å²) in [6.07, 6.45) is 14.6. The topological polar surface area (TPSA) is 55.1 Å². The van der Waals surface area contributed by atoms with Crippen LogP contribution in [0.3, 0.4) is 0 Å². The van der Waals surface area contributed by atoms with Crippen molar-refractivity contribution >= 4 is 11.9 Å². The van der Waals surface area contributed by atoms with Gasteiger partial charge < -0.3 is 5.11 Å². The number of ketones is 1. The van der Waals surface area contributed by atoms with Gasteiger partial charge in [0.05, 0.1) is 12.3 Å². The number of hydrogen-bond donors (Lipinski definition) is 1. The molecule has 4 nitrogen and oxygen atoms in total. The van der Waals surface area contributed by atoms with Crippen molar-refractivity contribution in [2.75, 3.05) is 0 Å². The Kier molecular flexibility index (Phi) is 4.18. The molecule has 1 aromatic heterocycles. The maximum absolute atomic E-state index is 13.4. The van der Waals surface area contributed by atoms with Gasteiger partial charge in [-0.2, -0.15) is 5.10 Å². The zero-order valence-electron chi connectivity index (χ0n) is 17.5. The predicted octanol–water partition coefficient (Wildman–Crippen LogP) is 4.39. The summed E-state index contributed by atoms with van der Waals surface area (Å²) in [5.41, 5.74) is 2.25. The van der Waals surface area contributed by atoms with Crippen molar-refractivity contribution in [3.63, 3.8) is 0 Å². The molecule has 5 rings (SSSR count). The van der Waals surface area contributed by atoms with Crippen LogP contribution in [0, 0.1) is 34.5 Å². The van der Waals surface area contributed by atoms with Crippen molar-refractivity contribution in [3.8, 4) is 0 Å². The second-order valence-corrected chi connectivity index (χ2v) is 10.7. The van der Waals surface area contributed by atoms with Crippen molar-refractivity contribution in [2.24, 2.45) is 41.5 Å². The number of fused-ring (bicyclic) bond motifs is 5. The van der Waals surface area contributed by atoms with Crippen LogP contribution in [0.5, 0.6) is 0 Å². The highest BCUT2D eigenvalue weighted by Gasteiger charge is 2.61. The molecule has 0 saturated heterocycles. The molecule has 7 atom stereocenters. The van der Waals surface area contributed by atoms with Crippen molar-refractivity contribution in [1.29, 1.82) is 0 Å². The molecule has 28 heavy (non-hydrogen) atoms. The van der Waals surface area contributed by atoms with Gasteiger partial charge in [-0.15, -0.1) is 0 Å². The summed E-state index contributed by atoms with van der Waals surface area (Å²) >= 11 is 0. The second kappa shape index (κ2) is 6.29. The van der Waals surface area contributed by atoms with Crippen molar-refractivity contribution in [2.45, 2.75) is 71.3 Å². The molecule has 1 N–H and O–H groups in total. The molecule has 4 fully saturated rings. The predicted molar refractivity (Wildman–Crippen MR) is 109 cm³/mol. The number of allylic oxidation sites excluding steroid dienone is 1. The third kappa shape index (κ3) is 2.59. The number of carbonyl (C=O) groups excluding carboxylic acids is 1. The molecule has 4 heteroatoms. The molecule has 1 aromatic rings. The van der Waals surface area contributed by atoms with E-state index in [9.17, 15) is 9.90 Å². The molecule has 0 aromatic carbocycles. The third-order valence-corrected chi connectivity index (χ3v) is 9.34. The van der Waals surface area contributed by atoms with E-state index < -0.39 is 0 Å². The van der Waals surface area contributed by atoms with Gasteiger partial charge in [-0.1, -0.05) is 13.8 Å². The minimum atomic E-state index is -0.174. The standard InChI is InChI=1S/C24H34N2O2/c1-23-8-6-18(27)12-17(23)4-5-19-20(23)7-9-24(2)21(19)11-16(22(24)28)10-15-13-25-26(3)14-15/h10,13-14,17-21,27H,4-9,11-12H2,1-3H3/b16-10-/t17-,18+,19+,20-,21-,23-,24-/m0/s1. The van der Waals surface area contributed by atoms with Gasteiger partial charge in [0.2, 0.25) is 0 Å². The lowest BCUT2D eigenvalue weighted by atomic mass is 9.45. The van der Waals surface area contributed by atoms with Crippen LogP contribution in [0.15, 0.2) is 18.0 Å². The molecule has 0 radical (unpaired) electrons. The highest BCUT2D eigenvalue weighted by molar-refractivity contribution is 6.05. The summed E-state index contributed by atoms with van der Waals surface area (Å²) in [7, 11) is 1.92. The van der Waals surface area contributed by atoms with Crippen LogP contribution >= 0.6 is 0 Å². The van der Waals surface area contributed by atoms with Crippen molar-refractivity contribution < 1.29 is 9.90 Å². The third-order valence-electron chi connectivity index (χ3n) is 9.34. The van der Waals surface area contributed by atoms with Gasteiger partial charge in [0, 0.05) is 24.2 Å². The lowest BCUT2D eigenvalue weighted by Crippen LogP contribution is -2.54. The summed E-state index contributed by atoms with van der Waals surface area (Å²) in [5.74, 6) is 2.95. The van der Waals surface area contributed by atoms with Gasteiger partial charge in [-0.3, -0.25) is 9.48 Å². The number of nitrogens with zero attached hydrogens (tertiary/aromatic N) is 2. The van der Waals surface area contributed by atoms with E-state index in [0.29, 0.717) is 29.0 Å². The van der Waals surface area contributed by atoms with E-state index in [0.717, 1.165) is 49.2 Å². The fraction of sp³-hybridized carbons (Fsp3) is 0.750. The van der Waals surface area contributed by atoms with Crippen LogP contribution < -0.4 is 0 Å². The number of carbonyl (C=O) groups is 1. The van der Waals surface area contributed by atoms with E-state index in [1.165, 1.54) is 19.3 Å². The molecule has 152 valence electrons. The van der Waals surface area contributed by atoms with Crippen LogP contribution in [-0.4, -0.2) is 26.8 Å². The number of aromatic nitrogens is 2. The SMILES string of the molecule is Cn1cc(/C=C2/C[C@H]3[C@@H]4CC[C@H]5C[C@H](O)CC[C@]5(C)[C@H]4CC[C@]3(C)C2=O)cn1. The molecule has 0 amide bonds. The van der Waals surface area contributed by atoms with Gasteiger partial charge in [0.25, 0.3) is 0 Å². The average Bonchev–Trinajstić information content (AvgIpc) is 3.18. The average molecular weight is 383 g/mol. The number of Topliss-reactive ketones (excluding diaryl/α,β-unsaturated/α-hetero) is 1. The lowest BCUT2D eigenvalue weighted by Gasteiger charge is -2.59. The summed E-state index contributed by atoms with van der Waals surface area (Å²) in [4.78, 5) is 13.4. The maximum atomic E-state index is 13.4. The summed E-state index contributed by atoms with van der Waals surface area (Å²) in [5, 5.41) is 14.5. The minimum absolute atomic E-state index is 0.0921. The first-order chi connectivity index (χ1) is 13.3. The first kappa shape index (κ1) is 18.6. The van der Waals surface area contributed by atoms with Crippen LogP contribution in [0.4, 0.5) is 0 Å². The molecular formula is C24H34N2O2. The molecule has 4 aliphatic carbocycles. The highest BCUT2D eigenvalue weighted by Crippen LogP contribution is 2.66. The number of aliphatic hydroxyl groups excluding tert-OH is 1. The Morgan fingerprint density at radius 3 is 2.75 bits per heavy atom. The van der Waals surface area contributed by atoms with Crippen LogP contribution in [-0.2, 0) is 11.8 Å². The second-order valence-electron chi connectivity index (χ2n) is 10.7. The van der Waals surface area contributed by atoms with E-state index in [2.05, 4.69) is 25.0 Å². The van der Waals surface area contributed by atoms with Gasteiger partial charge in [0.15, 0.2) is 5.78 Å². The van der Waals surface area contributed by atoms with E-state index in [-0.39, 0.29) is 11.5 Å². The summed E-state index contributed by atoms with van der Waals surface area (Å²) in [6, 6.07) is 0. The Hall–Kier alpha value is -1.42. The van der Waals surface area contributed by atoms with Crippen molar-refractivity contribution in [3.05, 3.63) is 23.5 Å². The minimum Gasteiger partial charge on any atom is -0.393 e. The molecule has 1 heterocycles. The molecule has 0 spiro atoms. The zero-order valence-corrected chi connectivity index (χ0v) is 17.5. The Bertz CT molecular complexity index is 826. The van der Waals surface area contributed by atoms with Crippen LogP contribution in [0.25, 0.3) is 6.08 Å². The van der Waals surface area contributed by atoms with E-state index in [4.69, 9.17) is 0 Å². The van der Waals surface area contributed by atoms with Gasteiger partial charge in [-0.05, 0) is 92.1 Å². The fourth-order valence-electron chi connectivity index (χ4n) is 7.75. The smallest absolute Gasteiger partial charge is 0.165 e. The summed E-state index contributed by atoms with van der Waals surface area (Å²) in [6.45, 7) is 4.76. The monoisotopic (exact) mass is 382 g/mol. The Morgan fingerprint density at radius 2 is 2.00 bits per heavy atom. The maximum Gasteiger partial charge on any atom is 0.165 e. The number of aliphatic hydroxyl groups is 1. The fourth-order valence-corrected chi connectivity index (χ4v) is 7.75. The van der Waals surface area contributed by atoms with Gasteiger partial charge in [-0.25, -0.2) is 0 Å². The Balaban J connectivity index is 1.45. The van der Waals surface area contributed by atoms with Crippen LogP contribution in [0.2, 0.25) is 0 Å². The van der Waals surface area contributed by atoms with Gasteiger partial charge in [0.1, 0.15) is 0 Å². The van der Waals surface area contributed by atoms with E-state index in [1.807, 2.05) is 19.4 Å². The van der Waals surface area contributed by atoms with E-state index >= 15 is 0 Å². The first-order valence-electron chi connectivity index (χ1n) is 11.2. The Morgan fingerprint density at radius 1 is 1.18 bits per heavy atom. The zero-order chi connectivity index (χ0) is 19.7. The van der Waals surface area contributed by atoms with E-state index in [1.54, 1.807) is 4.68 Å². The van der Waals surface area contributed by atoms with Crippen LogP contribution in [0.1, 0.15) is 70.8 Å². The lowest BCUT2D eigenvalue weighted by molar-refractivity contribution is -0.141. The number of hydrogen-bond acceptors (Lipinski definition) is 3. The molecule has 0 bridgehead atoms. The molecule has 0 aliphatic heterocycles. The van der Waals surface area contributed by atoms with Crippen molar-refractivity contribution in [1.82, 2.24) is 9.78 Å². The molecule has 4 saturated carbocycles. The quantitative estimate of drug-likeness (QED) is 0.733. The largest absolute Gasteiger partial charge is 0.393 e. The highest BCUT2D eigenvalue weighted by atomic mass is 16.3. The first-order valence-corrected chi connectivity index (χ1v) is 11.2. The summed E-state index contributed by atoms with van der Waals surface area (Å²) < 4.78 is 1.80. The molecule has 4 aliphatic rings. The number of rotatable bonds is 1.